The lowest BCUT2D eigenvalue weighted by molar-refractivity contribution is -0.242. The second-order valence-electron chi connectivity index (χ2n) is 5.78. The lowest BCUT2D eigenvalue weighted by atomic mass is 10.1. The minimum Gasteiger partial charge on any atom is -0.373 e. The summed E-state index contributed by atoms with van der Waals surface area (Å²) < 4.78 is 66.2. The average molecular weight is 549 g/mol. The number of nitrogens with one attached hydrogen (secondary N) is 2. The maximum atomic E-state index is 12.7. The smallest absolute Gasteiger partial charge is 0.373 e. The van der Waals surface area contributed by atoms with E-state index in [0.29, 0.717) is 12.6 Å². The van der Waals surface area contributed by atoms with Crippen LogP contribution in [0.4, 0.5) is 24.5 Å². The topological polar surface area (TPSA) is 95.5 Å². The third kappa shape index (κ3) is 5.07. The van der Waals surface area contributed by atoms with Crippen LogP contribution in [0.2, 0.25) is 5.02 Å². The van der Waals surface area contributed by atoms with Gasteiger partial charge in [-0.1, -0.05) is 17.7 Å². The molecule has 2 aromatic rings. The SMILES string of the molecule is C[C@@](O)(C(=O)Nc1ccc(S(=O)(=O)Nc2cccc(I)c2)cc1Cl)C(F)(F)F. The highest BCUT2D eigenvalue weighted by Gasteiger charge is 2.55. The monoisotopic (exact) mass is 548 g/mol. The van der Waals surface area contributed by atoms with Gasteiger partial charge in [0.2, 0.25) is 5.60 Å². The van der Waals surface area contributed by atoms with Crippen molar-refractivity contribution < 1.29 is 31.5 Å². The van der Waals surface area contributed by atoms with E-state index in [9.17, 15) is 31.5 Å². The predicted octanol–water partition coefficient (Wildman–Crippen LogP) is 4.00. The number of rotatable bonds is 5. The van der Waals surface area contributed by atoms with Gasteiger partial charge in [-0.05, 0) is 65.9 Å². The van der Waals surface area contributed by atoms with Crippen molar-refractivity contribution >= 4 is 61.5 Å². The van der Waals surface area contributed by atoms with Gasteiger partial charge >= 0.3 is 6.18 Å². The second kappa shape index (κ2) is 8.05. The molecule has 1 atom stereocenters. The Bertz CT molecular complexity index is 1010. The van der Waals surface area contributed by atoms with Crippen LogP contribution in [0.3, 0.4) is 0 Å². The van der Waals surface area contributed by atoms with Crippen LogP contribution in [0.1, 0.15) is 6.92 Å². The van der Waals surface area contributed by atoms with E-state index in [-0.39, 0.29) is 15.6 Å². The van der Waals surface area contributed by atoms with Gasteiger partial charge in [0, 0.05) is 9.26 Å². The van der Waals surface area contributed by atoms with Crippen LogP contribution in [-0.4, -0.2) is 31.2 Å². The van der Waals surface area contributed by atoms with Gasteiger partial charge in [-0.25, -0.2) is 8.42 Å². The van der Waals surface area contributed by atoms with Gasteiger partial charge in [-0.15, -0.1) is 0 Å². The molecule has 3 N–H and O–H groups in total. The number of amides is 1. The van der Waals surface area contributed by atoms with Crippen molar-refractivity contribution in [2.75, 3.05) is 10.0 Å². The number of carbonyl (C=O) groups is 1. The van der Waals surface area contributed by atoms with Crippen LogP contribution >= 0.6 is 34.2 Å². The first-order chi connectivity index (χ1) is 12.7. The summed E-state index contributed by atoms with van der Waals surface area (Å²) in [6.45, 7) is 0.292. The van der Waals surface area contributed by atoms with E-state index < -0.39 is 27.7 Å². The molecule has 0 aliphatic rings. The van der Waals surface area contributed by atoms with Crippen molar-refractivity contribution in [2.24, 2.45) is 0 Å². The minimum absolute atomic E-state index is 0.267. The van der Waals surface area contributed by atoms with E-state index in [4.69, 9.17) is 11.6 Å². The molecule has 28 heavy (non-hydrogen) atoms. The van der Waals surface area contributed by atoms with Crippen molar-refractivity contribution in [2.45, 2.75) is 23.6 Å². The van der Waals surface area contributed by atoms with E-state index in [0.717, 1.165) is 21.8 Å². The van der Waals surface area contributed by atoms with Crippen LogP contribution in [0.25, 0.3) is 0 Å². The predicted molar refractivity (Wildman–Crippen MR) is 107 cm³/mol. The van der Waals surface area contributed by atoms with Crippen LogP contribution in [-0.2, 0) is 14.8 Å². The number of carbonyl (C=O) groups excluding carboxylic acids is 1. The summed E-state index contributed by atoms with van der Waals surface area (Å²) in [5.74, 6) is -1.76. The molecule has 12 heteroatoms. The lowest BCUT2D eigenvalue weighted by Gasteiger charge is -2.25. The van der Waals surface area contributed by atoms with Crippen molar-refractivity contribution in [1.29, 1.82) is 0 Å². The van der Waals surface area contributed by atoms with E-state index in [1.54, 1.807) is 18.2 Å². The molecular formula is C16H13ClF3IN2O4S. The lowest BCUT2D eigenvalue weighted by Crippen LogP contribution is -2.52. The summed E-state index contributed by atoms with van der Waals surface area (Å²) in [6, 6.07) is 9.59. The Morgan fingerprint density at radius 3 is 2.36 bits per heavy atom. The second-order valence-corrected chi connectivity index (χ2v) is 9.12. The van der Waals surface area contributed by atoms with Gasteiger partial charge in [0.05, 0.1) is 15.6 Å². The molecule has 152 valence electrons. The molecule has 0 saturated carbocycles. The summed E-state index contributed by atoms with van der Waals surface area (Å²) in [6.07, 6.45) is -5.20. The standard InChI is InChI=1S/C16H13ClF3IN2O4S/c1-15(25,16(18,19)20)14(24)22-13-6-5-11(8-12(13)17)28(26,27)23-10-4-2-3-9(21)7-10/h2-8,23,25H,1H3,(H,22,24)/t15-/m1/s1. The van der Waals surface area contributed by atoms with E-state index in [2.05, 4.69) is 4.72 Å². The Kier molecular flexibility index (Phi) is 6.53. The molecule has 0 heterocycles. The molecule has 6 nitrogen and oxygen atoms in total. The van der Waals surface area contributed by atoms with E-state index in [1.807, 2.05) is 27.9 Å². The van der Waals surface area contributed by atoms with Crippen molar-refractivity contribution in [3.63, 3.8) is 0 Å². The summed E-state index contributed by atoms with van der Waals surface area (Å²) in [4.78, 5) is 11.5. The minimum atomic E-state index is -5.20. The Labute approximate surface area is 177 Å². The Balaban J connectivity index is 2.25. The number of aliphatic hydroxyl groups is 1. The van der Waals surface area contributed by atoms with Crippen LogP contribution in [0.15, 0.2) is 47.4 Å². The van der Waals surface area contributed by atoms with Crippen molar-refractivity contribution in [3.05, 3.63) is 51.1 Å². The van der Waals surface area contributed by atoms with Gasteiger partial charge in [-0.2, -0.15) is 13.2 Å². The van der Waals surface area contributed by atoms with Crippen LogP contribution in [0.5, 0.6) is 0 Å². The first-order valence-electron chi connectivity index (χ1n) is 7.42. The zero-order valence-electron chi connectivity index (χ0n) is 14.0. The van der Waals surface area contributed by atoms with Gasteiger partial charge in [0.25, 0.3) is 15.9 Å². The van der Waals surface area contributed by atoms with Crippen LogP contribution < -0.4 is 10.0 Å². The molecule has 0 unspecified atom stereocenters. The maximum absolute atomic E-state index is 12.7. The number of alkyl halides is 3. The molecule has 2 aromatic carbocycles. The molecule has 0 spiro atoms. The van der Waals surface area contributed by atoms with Crippen LogP contribution in [0, 0.1) is 3.57 Å². The molecule has 1 amide bonds. The molecular weight excluding hydrogens is 536 g/mol. The van der Waals surface area contributed by atoms with Crippen molar-refractivity contribution in [3.8, 4) is 0 Å². The summed E-state index contributed by atoms with van der Waals surface area (Å²) in [5, 5.41) is 10.9. The van der Waals surface area contributed by atoms with Gasteiger partial charge < -0.3 is 10.4 Å². The largest absolute Gasteiger partial charge is 0.426 e. The summed E-state index contributed by atoms with van der Waals surface area (Å²) >= 11 is 7.91. The molecule has 2 rings (SSSR count). The van der Waals surface area contributed by atoms with E-state index in [1.165, 1.54) is 6.07 Å². The van der Waals surface area contributed by atoms with E-state index >= 15 is 0 Å². The molecule has 0 fully saturated rings. The number of hydrogen-bond acceptors (Lipinski definition) is 4. The first kappa shape index (κ1) is 22.7. The van der Waals surface area contributed by atoms with Gasteiger partial charge in [-0.3, -0.25) is 9.52 Å². The van der Waals surface area contributed by atoms with Gasteiger partial charge in [0.15, 0.2) is 0 Å². The summed E-state index contributed by atoms with van der Waals surface area (Å²) in [5.41, 5.74) is -3.63. The van der Waals surface area contributed by atoms with Gasteiger partial charge in [0.1, 0.15) is 0 Å². The maximum Gasteiger partial charge on any atom is 0.426 e. The first-order valence-corrected chi connectivity index (χ1v) is 10.4. The molecule has 0 aliphatic heterocycles. The fourth-order valence-electron chi connectivity index (χ4n) is 1.90. The fraction of sp³-hybridized carbons (Fsp3) is 0.188. The number of hydrogen-bond donors (Lipinski definition) is 3. The molecule has 0 radical (unpaired) electrons. The highest BCUT2D eigenvalue weighted by Crippen LogP contribution is 2.33. The zero-order valence-corrected chi connectivity index (χ0v) is 17.7. The molecule has 0 saturated heterocycles. The molecule has 0 aliphatic carbocycles. The Morgan fingerprint density at radius 2 is 1.82 bits per heavy atom. The highest BCUT2D eigenvalue weighted by atomic mass is 127. The quantitative estimate of drug-likeness (QED) is 0.493. The average Bonchev–Trinajstić information content (AvgIpc) is 2.55. The third-order valence-electron chi connectivity index (χ3n) is 3.57. The fourth-order valence-corrected chi connectivity index (χ4v) is 3.81. The Morgan fingerprint density at radius 1 is 1.18 bits per heavy atom. The third-order valence-corrected chi connectivity index (χ3v) is 5.93. The molecule has 0 aromatic heterocycles. The number of sulfonamides is 1. The normalized spacial score (nSPS) is 14.2. The highest BCUT2D eigenvalue weighted by molar-refractivity contribution is 14.1. The number of anilines is 2. The zero-order chi connectivity index (χ0) is 21.3. The Hall–Kier alpha value is -1.57. The molecule has 0 bridgehead atoms. The number of benzene rings is 2. The van der Waals surface area contributed by atoms with Crippen molar-refractivity contribution in [1.82, 2.24) is 0 Å². The number of halogens is 5. The summed E-state index contributed by atoms with van der Waals surface area (Å²) in [7, 11) is -4.03.